The van der Waals surface area contributed by atoms with Crippen LogP contribution in [0.25, 0.3) is 0 Å². The summed E-state index contributed by atoms with van der Waals surface area (Å²) in [5.41, 5.74) is 0.777. The minimum absolute atomic E-state index is 0.288. The number of benzene rings is 1. The lowest BCUT2D eigenvalue weighted by Gasteiger charge is -2.36. The third-order valence-electron chi connectivity index (χ3n) is 6.66. The number of nitrogens with zero attached hydrogens (tertiary/aromatic N) is 3. The quantitative estimate of drug-likeness (QED) is 0.474. The fourth-order valence-electron chi connectivity index (χ4n) is 4.43. The molecule has 0 N–H and O–H groups in total. The molecule has 0 saturated carbocycles. The molecular formula is C25H35N3O3S2. The van der Waals surface area contributed by atoms with Gasteiger partial charge in [-0.1, -0.05) is 13.8 Å². The van der Waals surface area contributed by atoms with Gasteiger partial charge in [0, 0.05) is 39.0 Å². The van der Waals surface area contributed by atoms with Crippen LogP contribution >= 0.6 is 11.3 Å². The van der Waals surface area contributed by atoms with Gasteiger partial charge in [0.05, 0.1) is 16.4 Å². The molecule has 1 fully saturated rings. The number of thiophene rings is 1. The van der Waals surface area contributed by atoms with E-state index in [4.69, 9.17) is 4.74 Å². The molecule has 0 spiro atoms. The largest absolute Gasteiger partial charge is 0.492 e. The molecule has 0 bridgehead atoms. The molecule has 1 unspecified atom stereocenters. The molecule has 3 rings (SSSR count). The van der Waals surface area contributed by atoms with Gasteiger partial charge in [-0.25, -0.2) is 8.42 Å². The van der Waals surface area contributed by atoms with Crippen LogP contribution in [-0.4, -0.2) is 70.3 Å². The van der Waals surface area contributed by atoms with Crippen LogP contribution in [0, 0.1) is 17.2 Å². The minimum atomic E-state index is -3.18. The van der Waals surface area contributed by atoms with Gasteiger partial charge in [-0.15, -0.1) is 0 Å². The summed E-state index contributed by atoms with van der Waals surface area (Å²) in [6.07, 6.45) is 3.12. The Morgan fingerprint density at radius 1 is 1.09 bits per heavy atom. The summed E-state index contributed by atoms with van der Waals surface area (Å²) in [4.78, 5) is 5.21. The maximum atomic E-state index is 11.5. The summed E-state index contributed by atoms with van der Waals surface area (Å²) < 4.78 is 28.9. The van der Waals surface area contributed by atoms with E-state index in [1.54, 1.807) is 35.6 Å². The summed E-state index contributed by atoms with van der Waals surface area (Å²) in [6.45, 7) is 10.8. The van der Waals surface area contributed by atoms with Crippen LogP contribution in [0.4, 0.5) is 0 Å². The van der Waals surface area contributed by atoms with Crippen LogP contribution in [-0.2, 0) is 15.3 Å². The van der Waals surface area contributed by atoms with E-state index in [1.165, 1.54) is 11.8 Å². The number of sulfone groups is 1. The first kappa shape index (κ1) is 25.7. The van der Waals surface area contributed by atoms with Crippen molar-refractivity contribution in [2.24, 2.45) is 5.92 Å². The molecule has 0 aliphatic carbocycles. The molecule has 0 radical (unpaired) electrons. The Labute approximate surface area is 202 Å². The molecule has 1 aromatic heterocycles. The smallest absolute Gasteiger partial charge is 0.175 e. The van der Waals surface area contributed by atoms with Gasteiger partial charge in [0.1, 0.15) is 12.4 Å². The van der Waals surface area contributed by atoms with Crippen LogP contribution in [0.3, 0.4) is 0 Å². The Morgan fingerprint density at radius 3 is 2.24 bits per heavy atom. The molecular weight excluding hydrogens is 454 g/mol. The van der Waals surface area contributed by atoms with E-state index in [-0.39, 0.29) is 5.92 Å². The van der Waals surface area contributed by atoms with E-state index in [9.17, 15) is 13.7 Å². The average molecular weight is 490 g/mol. The van der Waals surface area contributed by atoms with Crippen molar-refractivity contribution >= 4 is 21.2 Å². The zero-order valence-electron chi connectivity index (χ0n) is 19.9. The Hall–Kier alpha value is -1.92. The van der Waals surface area contributed by atoms with E-state index in [0.29, 0.717) is 17.3 Å². The second-order valence-electron chi connectivity index (χ2n) is 9.13. The van der Waals surface area contributed by atoms with Crippen LogP contribution in [0.5, 0.6) is 5.75 Å². The van der Waals surface area contributed by atoms with Gasteiger partial charge in [-0.05, 0) is 72.0 Å². The summed E-state index contributed by atoms with van der Waals surface area (Å²) in [6, 6.07) is 11.3. The molecule has 1 aliphatic rings. The number of hydrogen-bond donors (Lipinski definition) is 0. The highest BCUT2D eigenvalue weighted by Gasteiger charge is 2.36. The summed E-state index contributed by atoms with van der Waals surface area (Å²) >= 11 is 1.67. The average Bonchev–Trinajstić information content (AvgIpc) is 3.33. The van der Waals surface area contributed by atoms with Gasteiger partial charge in [-0.2, -0.15) is 16.6 Å². The van der Waals surface area contributed by atoms with Gasteiger partial charge in [0.25, 0.3) is 0 Å². The standard InChI is InChI=1S/C25H35N3O3S2/c1-21(2)25(20-26,22-9-18-32-19-22)10-4-11-27-12-14-28(15-13-27)16-17-31-23-5-7-24(8-6-23)33(3,29)30/h5-9,18-19,21H,4,10-17H2,1-3H3. The number of hydrogen-bond acceptors (Lipinski definition) is 7. The first-order valence-electron chi connectivity index (χ1n) is 11.6. The fraction of sp³-hybridized carbons (Fsp3) is 0.560. The second-order valence-corrected chi connectivity index (χ2v) is 11.9. The first-order valence-corrected chi connectivity index (χ1v) is 14.4. The van der Waals surface area contributed by atoms with Gasteiger partial charge in [0.15, 0.2) is 9.84 Å². The summed E-state index contributed by atoms with van der Waals surface area (Å²) in [5.74, 6) is 0.981. The highest BCUT2D eigenvalue weighted by atomic mass is 32.2. The van der Waals surface area contributed by atoms with Gasteiger partial charge < -0.3 is 9.64 Å². The molecule has 2 heterocycles. The van der Waals surface area contributed by atoms with Gasteiger partial charge >= 0.3 is 0 Å². The topological polar surface area (TPSA) is 73.6 Å². The number of nitriles is 1. The molecule has 8 heteroatoms. The number of piperazine rings is 1. The third-order valence-corrected chi connectivity index (χ3v) is 8.47. The highest BCUT2D eigenvalue weighted by molar-refractivity contribution is 7.90. The minimum Gasteiger partial charge on any atom is -0.492 e. The molecule has 1 atom stereocenters. The van der Waals surface area contributed by atoms with Crippen molar-refractivity contribution in [2.75, 3.05) is 52.1 Å². The van der Waals surface area contributed by atoms with E-state index < -0.39 is 15.3 Å². The highest BCUT2D eigenvalue weighted by Crippen LogP contribution is 2.37. The molecule has 0 amide bonds. The summed E-state index contributed by atoms with van der Waals surface area (Å²) in [7, 11) is -3.18. The lowest BCUT2D eigenvalue weighted by molar-refractivity contribution is 0.114. The van der Waals surface area contributed by atoms with Crippen molar-refractivity contribution in [1.29, 1.82) is 5.26 Å². The van der Waals surface area contributed by atoms with Gasteiger partial charge in [0.2, 0.25) is 0 Å². The normalized spacial score (nSPS) is 17.5. The van der Waals surface area contributed by atoms with Crippen LogP contribution in [0.15, 0.2) is 46.0 Å². The second kappa shape index (κ2) is 11.5. The van der Waals surface area contributed by atoms with Gasteiger partial charge in [-0.3, -0.25) is 4.90 Å². The number of rotatable bonds is 11. The van der Waals surface area contributed by atoms with Crippen LogP contribution in [0.1, 0.15) is 32.3 Å². The van der Waals surface area contributed by atoms with Crippen molar-refractivity contribution < 1.29 is 13.2 Å². The molecule has 6 nitrogen and oxygen atoms in total. The Balaban J connectivity index is 1.37. The number of ether oxygens (including phenoxy) is 1. The molecule has 2 aromatic rings. The Morgan fingerprint density at radius 2 is 1.73 bits per heavy atom. The van der Waals surface area contributed by atoms with Crippen LogP contribution < -0.4 is 4.74 Å². The maximum absolute atomic E-state index is 11.5. The lowest BCUT2D eigenvalue weighted by Crippen LogP contribution is -2.47. The monoisotopic (exact) mass is 489 g/mol. The van der Waals surface area contributed by atoms with Crippen molar-refractivity contribution in [3.63, 3.8) is 0 Å². The molecule has 180 valence electrons. The van der Waals surface area contributed by atoms with Crippen molar-refractivity contribution in [1.82, 2.24) is 9.80 Å². The summed E-state index contributed by atoms with van der Waals surface area (Å²) in [5, 5.41) is 14.2. The third kappa shape index (κ3) is 6.80. The van der Waals surface area contributed by atoms with E-state index in [0.717, 1.165) is 52.1 Å². The SMILES string of the molecule is CC(C)C(C#N)(CCCN1CCN(CCOc2ccc(S(C)(=O)=O)cc2)CC1)c1ccsc1. The zero-order valence-corrected chi connectivity index (χ0v) is 21.5. The fourth-order valence-corrected chi connectivity index (χ4v) is 5.80. The van der Waals surface area contributed by atoms with E-state index in [1.807, 2.05) is 0 Å². The first-order chi connectivity index (χ1) is 15.7. The van der Waals surface area contributed by atoms with Crippen LogP contribution in [0.2, 0.25) is 0 Å². The zero-order chi connectivity index (χ0) is 23.9. The Bertz CT molecular complexity index is 1010. The Kier molecular flexibility index (Phi) is 8.94. The lowest BCUT2D eigenvalue weighted by atomic mass is 9.71. The van der Waals surface area contributed by atoms with E-state index >= 15 is 0 Å². The van der Waals surface area contributed by atoms with Crippen molar-refractivity contribution in [3.8, 4) is 11.8 Å². The molecule has 1 saturated heterocycles. The molecule has 1 aliphatic heterocycles. The predicted octanol–water partition coefficient (Wildman–Crippen LogP) is 4.05. The predicted molar refractivity (Wildman–Crippen MR) is 134 cm³/mol. The van der Waals surface area contributed by atoms with E-state index in [2.05, 4.69) is 46.5 Å². The van der Waals surface area contributed by atoms with Crippen molar-refractivity contribution in [2.45, 2.75) is 37.0 Å². The van der Waals surface area contributed by atoms with Crippen molar-refractivity contribution in [3.05, 3.63) is 46.7 Å². The maximum Gasteiger partial charge on any atom is 0.175 e. The molecule has 1 aromatic carbocycles. The molecule has 33 heavy (non-hydrogen) atoms.